The first-order chi connectivity index (χ1) is 14.3. The normalized spacial score (nSPS) is 60.5. The molecule has 1 spiro atoms. The Kier molecular flexibility index (Phi) is 5.41. The summed E-state index contributed by atoms with van der Waals surface area (Å²) in [6.07, 6.45) is 12.9. The minimum absolute atomic E-state index is 0. The van der Waals surface area contributed by atoms with Crippen LogP contribution in [-0.2, 0) is 9.47 Å². The van der Waals surface area contributed by atoms with Gasteiger partial charge in [-0.3, -0.25) is 0 Å². The molecule has 4 aliphatic carbocycles. The quantitative estimate of drug-likeness (QED) is 0.585. The van der Waals surface area contributed by atoms with E-state index in [0.717, 1.165) is 49.5 Å². The summed E-state index contributed by atoms with van der Waals surface area (Å²) in [5.74, 6) is 4.93. The second-order valence-corrected chi connectivity index (χ2v) is 13.1. The summed E-state index contributed by atoms with van der Waals surface area (Å²) in [5.41, 5.74) is 0.899. The van der Waals surface area contributed by atoms with E-state index in [1.54, 1.807) is 0 Å². The fraction of sp³-hybridized carbons (Fsp3) is 1.00. The van der Waals surface area contributed by atoms with Crippen LogP contribution in [0.5, 0.6) is 0 Å². The van der Waals surface area contributed by atoms with Crippen molar-refractivity contribution in [2.45, 2.75) is 110 Å². The van der Waals surface area contributed by atoms with Crippen LogP contribution in [0.2, 0.25) is 0 Å². The summed E-state index contributed by atoms with van der Waals surface area (Å²) in [5, 5.41) is 10.3. The van der Waals surface area contributed by atoms with E-state index in [1.165, 1.54) is 44.9 Å². The van der Waals surface area contributed by atoms with Crippen LogP contribution in [0.25, 0.3) is 0 Å². The van der Waals surface area contributed by atoms with E-state index in [-0.39, 0.29) is 17.4 Å². The van der Waals surface area contributed by atoms with Crippen molar-refractivity contribution in [1.82, 2.24) is 0 Å². The monoisotopic (exact) mass is 434 g/mol. The average molecular weight is 435 g/mol. The van der Waals surface area contributed by atoms with Gasteiger partial charge in [0.05, 0.1) is 18.8 Å². The Hall–Kier alpha value is -0.160. The summed E-state index contributed by atoms with van der Waals surface area (Å²) in [4.78, 5) is 0. The van der Waals surface area contributed by atoms with Crippen molar-refractivity contribution in [2.75, 3.05) is 6.61 Å². The van der Waals surface area contributed by atoms with Crippen molar-refractivity contribution < 1.29 is 20.1 Å². The minimum atomic E-state index is -0.282. The molecule has 4 nitrogen and oxygen atoms in total. The van der Waals surface area contributed by atoms with Gasteiger partial charge in [0.1, 0.15) is 0 Å². The van der Waals surface area contributed by atoms with Gasteiger partial charge in [-0.25, -0.2) is 0 Å². The lowest BCUT2D eigenvalue weighted by Gasteiger charge is -2.61. The van der Waals surface area contributed by atoms with Gasteiger partial charge in [-0.2, -0.15) is 0 Å². The SMILES string of the molecule is C[C@H]1CC[C@@]2(OC1)O[C@H]1C[C@H]3[C@@H]4CC[C@@H]5C[C@@H](O)CC[C@]5(C)[C@H]4CC[C@]3(C)[C@H]1[C@@H]2C.O. The smallest absolute Gasteiger partial charge is 0.171 e. The molecule has 6 rings (SSSR count). The van der Waals surface area contributed by atoms with Crippen LogP contribution in [0.3, 0.4) is 0 Å². The minimum Gasteiger partial charge on any atom is -0.412 e. The average Bonchev–Trinajstić information content (AvgIpc) is 3.16. The van der Waals surface area contributed by atoms with Crippen LogP contribution >= 0.6 is 0 Å². The van der Waals surface area contributed by atoms with E-state index in [0.29, 0.717) is 34.7 Å². The van der Waals surface area contributed by atoms with Gasteiger partial charge in [0.2, 0.25) is 0 Å². The number of ether oxygens (including phenoxy) is 2. The zero-order chi connectivity index (χ0) is 20.9. The molecule has 4 heteroatoms. The van der Waals surface area contributed by atoms with E-state index >= 15 is 0 Å². The topological polar surface area (TPSA) is 70.2 Å². The molecule has 12 atom stereocenters. The lowest BCUT2D eigenvalue weighted by Crippen LogP contribution is -2.55. The standard InChI is InChI=1S/C27H44O3.H2O/c1-16-7-12-27(29-15-16)17(2)24-23(30-27)14-22-20-6-5-18-13-19(28)8-10-25(18,3)21(20)9-11-26(22,24)4;/h16-24,28H,5-15H2,1-4H3;1H2/t16-,17-,18+,19-,20+,21-,22-,23-,24-,25-,26-,27+;/m0./s1. The summed E-state index contributed by atoms with van der Waals surface area (Å²) in [7, 11) is 0. The van der Waals surface area contributed by atoms with Gasteiger partial charge in [0.25, 0.3) is 0 Å². The highest BCUT2D eigenvalue weighted by atomic mass is 16.7. The van der Waals surface area contributed by atoms with Crippen LogP contribution in [-0.4, -0.2) is 35.2 Å². The van der Waals surface area contributed by atoms with E-state index in [1.807, 2.05) is 0 Å². The Labute approximate surface area is 189 Å². The van der Waals surface area contributed by atoms with Gasteiger partial charge in [0, 0.05) is 12.3 Å². The molecule has 6 fully saturated rings. The van der Waals surface area contributed by atoms with Crippen LogP contribution in [0.1, 0.15) is 91.9 Å². The van der Waals surface area contributed by atoms with Crippen molar-refractivity contribution in [1.29, 1.82) is 0 Å². The number of aliphatic hydroxyl groups is 1. The lowest BCUT2D eigenvalue weighted by atomic mass is 9.44. The van der Waals surface area contributed by atoms with Crippen LogP contribution in [0.15, 0.2) is 0 Å². The maximum Gasteiger partial charge on any atom is 0.171 e. The van der Waals surface area contributed by atoms with Gasteiger partial charge in [-0.05, 0) is 104 Å². The maximum atomic E-state index is 10.3. The predicted molar refractivity (Wildman–Crippen MR) is 121 cm³/mol. The molecule has 0 bridgehead atoms. The number of rotatable bonds is 0. The second-order valence-electron chi connectivity index (χ2n) is 13.1. The summed E-state index contributed by atoms with van der Waals surface area (Å²) < 4.78 is 13.4. The summed E-state index contributed by atoms with van der Waals surface area (Å²) >= 11 is 0. The molecule has 31 heavy (non-hydrogen) atoms. The zero-order valence-corrected chi connectivity index (χ0v) is 20.2. The Morgan fingerprint density at radius 2 is 1.61 bits per heavy atom. The fourth-order valence-corrected chi connectivity index (χ4v) is 10.3. The van der Waals surface area contributed by atoms with Gasteiger partial charge in [0.15, 0.2) is 5.79 Å². The Morgan fingerprint density at radius 1 is 0.839 bits per heavy atom. The lowest BCUT2D eigenvalue weighted by molar-refractivity contribution is -0.273. The molecule has 0 unspecified atom stereocenters. The van der Waals surface area contributed by atoms with E-state index in [9.17, 15) is 5.11 Å². The highest BCUT2D eigenvalue weighted by Crippen LogP contribution is 2.71. The fourth-order valence-electron chi connectivity index (χ4n) is 10.3. The molecule has 0 aromatic heterocycles. The molecule has 3 N–H and O–H groups in total. The Bertz CT molecular complexity index is 687. The number of fused-ring (bicyclic) bond motifs is 7. The van der Waals surface area contributed by atoms with Gasteiger partial charge >= 0.3 is 0 Å². The highest BCUT2D eigenvalue weighted by molar-refractivity contribution is 5.15. The van der Waals surface area contributed by atoms with Crippen molar-refractivity contribution in [3.05, 3.63) is 0 Å². The molecule has 2 aliphatic heterocycles. The second kappa shape index (κ2) is 7.42. The van der Waals surface area contributed by atoms with E-state index < -0.39 is 0 Å². The molecular weight excluding hydrogens is 388 g/mol. The first kappa shape index (κ1) is 22.6. The highest BCUT2D eigenvalue weighted by Gasteiger charge is 2.69. The van der Waals surface area contributed by atoms with Gasteiger partial charge < -0.3 is 20.1 Å². The molecule has 0 radical (unpaired) electrons. The third-order valence-electron chi connectivity index (χ3n) is 11.9. The van der Waals surface area contributed by atoms with Crippen molar-refractivity contribution >= 4 is 0 Å². The molecule has 4 saturated carbocycles. The third-order valence-corrected chi connectivity index (χ3v) is 11.9. The number of hydrogen-bond donors (Lipinski definition) is 1. The zero-order valence-electron chi connectivity index (χ0n) is 20.2. The molecular formula is C27H46O4. The molecule has 178 valence electrons. The van der Waals surface area contributed by atoms with Gasteiger partial charge in [-0.15, -0.1) is 0 Å². The van der Waals surface area contributed by atoms with Crippen molar-refractivity contribution in [3.8, 4) is 0 Å². The molecule has 2 saturated heterocycles. The molecule has 2 heterocycles. The largest absolute Gasteiger partial charge is 0.412 e. The van der Waals surface area contributed by atoms with E-state index in [4.69, 9.17) is 9.47 Å². The number of hydrogen-bond acceptors (Lipinski definition) is 3. The molecule has 0 amide bonds. The first-order valence-electron chi connectivity index (χ1n) is 13.3. The maximum absolute atomic E-state index is 10.3. The van der Waals surface area contributed by atoms with Gasteiger partial charge in [-0.1, -0.05) is 27.7 Å². The van der Waals surface area contributed by atoms with Crippen LogP contribution < -0.4 is 0 Å². The summed E-state index contributed by atoms with van der Waals surface area (Å²) in [6, 6.07) is 0. The van der Waals surface area contributed by atoms with Crippen molar-refractivity contribution in [2.24, 2.45) is 52.3 Å². The molecule has 0 aromatic carbocycles. The Morgan fingerprint density at radius 3 is 2.35 bits per heavy atom. The molecule has 0 aromatic rings. The number of aliphatic hydroxyl groups excluding tert-OH is 1. The van der Waals surface area contributed by atoms with E-state index in [2.05, 4.69) is 27.7 Å². The predicted octanol–water partition coefficient (Wildman–Crippen LogP) is 4.97. The van der Waals surface area contributed by atoms with Crippen LogP contribution in [0.4, 0.5) is 0 Å². The molecule has 6 aliphatic rings. The third kappa shape index (κ3) is 3.00. The van der Waals surface area contributed by atoms with Crippen LogP contribution in [0, 0.1) is 52.3 Å². The first-order valence-corrected chi connectivity index (χ1v) is 13.3. The summed E-state index contributed by atoms with van der Waals surface area (Å²) in [6.45, 7) is 10.9. The van der Waals surface area contributed by atoms with Crippen molar-refractivity contribution in [3.63, 3.8) is 0 Å². The Balaban J connectivity index is 0.00000204.